The van der Waals surface area contributed by atoms with Gasteiger partial charge in [-0.05, 0) is 18.6 Å². The van der Waals surface area contributed by atoms with Crippen molar-refractivity contribution in [3.8, 4) is 0 Å². The summed E-state index contributed by atoms with van der Waals surface area (Å²) in [5.41, 5.74) is 2.28. The highest BCUT2D eigenvalue weighted by Gasteiger charge is 1.96. The van der Waals surface area contributed by atoms with Crippen LogP contribution in [0.2, 0.25) is 5.15 Å². The molecular weight excluding hydrogens is 260 g/mol. The molecule has 0 amide bonds. The van der Waals surface area contributed by atoms with Gasteiger partial charge in [0, 0.05) is 10.1 Å². The largest absolute Gasteiger partial charge is 0.241 e. The normalized spacial score (nSPS) is 9.90. The van der Waals surface area contributed by atoms with Gasteiger partial charge in [-0.15, -0.1) is 0 Å². The van der Waals surface area contributed by atoms with E-state index in [4.69, 9.17) is 11.6 Å². The van der Waals surface area contributed by atoms with Crippen molar-refractivity contribution in [2.75, 3.05) is 0 Å². The molecule has 1 nitrogen and oxygen atoms in total. The van der Waals surface area contributed by atoms with Gasteiger partial charge in [0.1, 0.15) is 5.15 Å². The van der Waals surface area contributed by atoms with Crippen LogP contribution in [0.15, 0.2) is 12.1 Å². The van der Waals surface area contributed by atoms with E-state index in [1.165, 1.54) is 5.56 Å². The number of hydrogen-bond acceptors (Lipinski definition) is 1. The zero-order chi connectivity index (χ0) is 7.56. The minimum Gasteiger partial charge on any atom is -0.241 e. The number of hydrogen-bond donors (Lipinski definition) is 0. The summed E-state index contributed by atoms with van der Waals surface area (Å²) in [6.07, 6.45) is 0. The highest BCUT2D eigenvalue weighted by Crippen LogP contribution is 2.13. The first kappa shape index (κ1) is 8.27. The first-order valence-corrected chi connectivity index (χ1v) is 4.82. The fraction of sp³-hybridized carbons (Fsp3) is 0.286. The van der Waals surface area contributed by atoms with Crippen molar-refractivity contribution >= 4 is 34.2 Å². The minimum atomic E-state index is 0.575. The maximum Gasteiger partial charge on any atom is 0.129 e. The molecule has 0 fully saturated rings. The second-order valence-electron chi connectivity index (χ2n) is 2.01. The molecule has 0 aliphatic heterocycles. The maximum absolute atomic E-state index is 5.66. The number of aromatic nitrogens is 1. The molecule has 3 heteroatoms. The lowest BCUT2D eigenvalue weighted by molar-refractivity contribution is 1.15. The molecule has 0 saturated carbocycles. The molecule has 1 aromatic heterocycles. The zero-order valence-corrected chi connectivity index (χ0v) is 8.48. The molecular formula is C7H7ClIN. The van der Waals surface area contributed by atoms with Gasteiger partial charge < -0.3 is 0 Å². The number of alkyl halides is 1. The summed E-state index contributed by atoms with van der Waals surface area (Å²) in [7, 11) is 0. The Morgan fingerprint density at radius 2 is 2.30 bits per heavy atom. The van der Waals surface area contributed by atoms with E-state index < -0.39 is 0 Å². The van der Waals surface area contributed by atoms with Crippen LogP contribution >= 0.6 is 34.2 Å². The molecule has 54 valence electrons. The third-order valence-electron chi connectivity index (χ3n) is 1.31. The lowest BCUT2D eigenvalue weighted by Gasteiger charge is -1.99. The van der Waals surface area contributed by atoms with E-state index in [2.05, 4.69) is 27.6 Å². The van der Waals surface area contributed by atoms with Crippen LogP contribution < -0.4 is 0 Å². The van der Waals surface area contributed by atoms with Gasteiger partial charge in [0.25, 0.3) is 0 Å². The average Bonchev–Trinajstić information content (AvgIpc) is 1.88. The zero-order valence-electron chi connectivity index (χ0n) is 5.56. The molecule has 0 atom stereocenters. The highest BCUT2D eigenvalue weighted by atomic mass is 127. The molecule has 0 unspecified atom stereocenters. The lowest BCUT2D eigenvalue weighted by Crippen LogP contribution is -1.87. The summed E-state index contributed by atoms with van der Waals surface area (Å²) in [6.45, 7) is 1.97. The molecule has 1 heterocycles. The molecule has 1 aromatic rings. The maximum atomic E-state index is 5.66. The summed E-state index contributed by atoms with van der Waals surface area (Å²) in [5, 5.41) is 0.575. The summed E-state index contributed by atoms with van der Waals surface area (Å²) in [5.74, 6) is 0. The molecule has 0 bridgehead atoms. The van der Waals surface area contributed by atoms with Crippen molar-refractivity contribution in [2.24, 2.45) is 0 Å². The molecule has 0 saturated heterocycles. The van der Waals surface area contributed by atoms with E-state index in [9.17, 15) is 0 Å². The van der Waals surface area contributed by atoms with Crippen LogP contribution in [0.3, 0.4) is 0 Å². The van der Waals surface area contributed by atoms with Crippen LogP contribution in [-0.4, -0.2) is 4.98 Å². The Hall–Kier alpha value is 0.170. The SMILES string of the molecule is Cc1nc(Cl)ccc1CI. The molecule has 0 N–H and O–H groups in total. The van der Waals surface area contributed by atoms with Crippen molar-refractivity contribution in [2.45, 2.75) is 11.4 Å². The third kappa shape index (κ3) is 1.83. The second-order valence-corrected chi connectivity index (χ2v) is 3.16. The van der Waals surface area contributed by atoms with E-state index in [0.717, 1.165) is 10.1 Å². The summed E-state index contributed by atoms with van der Waals surface area (Å²) >= 11 is 7.97. The van der Waals surface area contributed by atoms with Crippen LogP contribution in [0, 0.1) is 6.92 Å². The van der Waals surface area contributed by atoms with E-state index in [0.29, 0.717) is 5.15 Å². The van der Waals surface area contributed by atoms with Crippen molar-refractivity contribution in [1.82, 2.24) is 4.98 Å². The van der Waals surface area contributed by atoms with Gasteiger partial charge >= 0.3 is 0 Å². The Labute approximate surface area is 78.9 Å². The lowest BCUT2D eigenvalue weighted by atomic mass is 10.2. The fourth-order valence-electron chi connectivity index (χ4n) is 0.700. The van der Waals surface area contributed by atoms with Gasteiger partial charge in [-0.2, -0.15) is 0 Å². The minimum absolute atomic E-state index is 0.575. The summed E-state index contributed by atoms with van der Waals surface area (Å²) < 4.78 is 0.994. The number of nitrogens with zero attached hydrogens (tertiary/aromatic N) is 1. The van der Waals surface area contributed by atoms with Crippen molar-refractivity contribution in [3.05, 3.63) is 28.5 Å². The molecule has 0 aliphatic rings. The average molecular weight is 267 g/mol. The Kier molecular flexibility index (Phi) is 2.92. The molecule has 0 aliphatic carbocycles. The van der Waals surface area contributed by atoms with Crippen LogP contribution in [0.4, 0.5) is 0 Å². The monoisotopic (exact) mass is 267 g/mol. The second kappa shape index (κ2) is 3.53. The topological polar surface area (TPSA) is 12.9 Å². The van der Waals surface area contributed by atoms with E-state index >= 15 is 0 Å². The molecule has 0 aromatic carbocycles. The molecule has 0 radical (unpaired) electrons. The standard InChI is InChI=1S/C7H7ClIN/c1-5-6(4-9)2-3-7(8)10-5/h2-3H,4H2,1H3. The first-order chi connectivity index (χ1) is 4.74. The van der Waals surface area contributed by atoms with Crippen LogP contribution in [0.1, 0.15) is 11.3 Å². The predicted molar refractivity (Wildman–Crippen MR) is 51.7 cm³/mol. The Balaban J connectivity index is 3.07. The van der Waals surface area contributed by atoms with Gasteiger partial charge in [-0.3, -0.25) is 0 Å². The number of pyridine rings is 1. The van der Waals surface area contributed by atoms with Crippen molar-refractivity contribution < 1.29 is 0 Å². The van der Waals surface area contributed by atoms with Crippen LogP contribution in [-0.2, 0) is 4.43 Å². The highest BCUT2D eigenvalue weighted by molar-refractivity contribution is 14.1. The molecule has 1 rings (SSSR count). The van der Waals surface area contributed by atoms with Gasteiger partial charge in [0.15, 0.2) is 0 Å². The van der Waals surface area contributed by atoms with E-state index in [1.807, 2.05) is 19.1 Å². The van der Waals surface area contributed by atoms with Crippen LogP contribution in [0.5, 0.6) is 0 Å². The number of aryl methyl sites for hydroxylation is 1. The summed E-state index contributed by atoms with van der Waals surface area (Å²) in [6, 6.07) is 3.83. The Morgan fingerprint density at radius 1 is 1.60 bits per heavy atom. The van der Waals surface area contributed by atoms with Gasteiger partial charge in [-0.25, -0.2) is 4.98 Å². The van der Waals surface area contributed by atoms with Gasteiger partial charge in [0.2, 0.25) is 0 Å². The van der Waals surface area contributed by atoms with Gasteiger partial charge in [-0.1, -0.05) is 40.3 Å². The van der Waals surface area contributed by atoms with E-state index in [-0.39, 0.29) is 0 Å². The fourth-order valence-corrected chi connectivity index (χ4v) is 1.70. The Morgan fingerprint density at radius 3 is 2.80 bits per heavy atom. The summed E-state index contributed by atoms with van der Waals surface area (Å²) in [4.78, 5) is 4.11. The third-order valence-corrected chi connectivity index (χ3v) is 2.34. The Bertz CT molecular complexity index is 237. The first-order valence-electron chi connectivity index (χ1n) is 2.92. The molecule has 0 spiro atoms. The quantitative estimate of drug-likeness (QED) is 0.433. The van der Waals surface area contributed by atoms with Crippen molar-refractivity contribution in [1.29, 1.82) is 0 Å². The number of halogens is 2. The number of rotatable bonds is 1. The van der Waals surface area contributed by atoms with E-state index in [1.54, 1.807) is 0 Å². The van der Waals surface area contributed by atoms with Crippen LogP contribution in [0.25, 0.3) is 0 Å². The van der Waals surface area contributed by atoms with Crippen molar-refractivity contribution in [3.63, 3.8) is 0 Å². The molecule has 10 heavy (non-hydrogen) atoms. The smallest absolute Gasteiger partial charge is 0.129 e. The predicted octanol–water partition coefficient (Wildman–Crippen LogP) is 2.98. The van der Waals surface area contributed by atoms with Gasteiger partial charge in [0.05, 0.1) is 0 Å².